The van der Waals surface area contributed by atoms with Crippen LogP contribution in [0.3, 0.4) is 0 Å². The molecule has 0 bridgehead atoms. The highest BCUT2D eigenvalue weighted by Crippen LogP contribution is 2.19. The summed E-state index contributed by atoms with van der Waals surface area (Å²) in [7, 11) is 3.63. The summed E-state index contributed by atoms with van der Waals surface area (Å²) < 4.78 is 5.23. The number of likely N-dealkylation sites (N-methyl/N-ethyl adjacent to an activating group) is 1. The average molecular weight is 316 g/mol. The minimum atomic E-state index is 0.0896. The molecule has 0 aromatic heterocycles. The Labute approximate surface area is 139 Å². The topological polar surface area (TPSA) is 41.6 Å². The summed E-state index contributed by atoms with van der Waals surface area (Å²) in [5, 5.41) is 3.02. The highest BCUT2D eigenvalue weighted by atomic mass is 16.5. The van der Waals surface area contributed by atoms with Crippen LogP contribution in [0.2, 0.25) is 0 Å². The third-order valence-electron chi connectivity index (χ3n) is 4.15. The van der Waals surface area contributed by atoms with Gasteiger partial charge < -0.3 is 10.1 Å². The van der Waals surface area contributed by atoms with E-state index in [9.17, 15) is 4.79 Å². The number of ether oxygens (including phenoxy) is 1. The molecule has 0 spiro atoms. The van der Waals surface area contributed by atoms with Gasteiger partial charge in [0.25, 0.3) is 0 Å². The number of amides is 1. The predicted molar refractivity (Wildman–Crippen MR) is 93.5 cm³/mol. The van der Waals surface area contributed by atoms with Gasteiger partial charge in [0.1, 0.15) is 5.75 Å². The number of hydrogen-bond acceptors (Lipinski definition) is 3. The molecule has 1 N–H and O–H groups in total. The molecule has 0 fully saturated rings. The van der Waals surface area contributed by atoms with E-state index in [2.05, 4.69) is 11.4 Å². The molecule has 0 aliphatic heterocycles. The van der Waals surface area contributed by atoms with Crippen molar-refractivity contribution in [3.05, 3.63) is 41.5 Å². The molecule has 1 aliphatic carbocycles. The molecular formula is C19H28N2O2. The minimum absolute atomic E-state index is 0.0896. The molecule has 1 aliphatic rings. The Hall–Kier alpha value is -1.81. The monoisotopic (exact) mass is 316 g/mol. The lowest BCUT2D eigenvalue weighted by atomic mass is 9.97. The molecule has 23 heavy (non-hydrogen) atoms. The molecule has 4 nitrogen and oxygen atoms in total. The molecule has 0 atom stereocenters. The molecule has 0 saturated carbocycles. The van der Waals surface area contributed by atoms with Crippen LogP contribution < -0.4 is 10.1 Å². The number of allylic oxidation sites excluding steroid dienone is 1. The van der Waals surface area contributed by atoms with Crippen LogP contribution in [0.25, 0.3) is 0 Å². The molecule has 1 amide bonds. The van der Waals surface area contributed by atoms with Crippen LogP contribution in [0.1, 0.15) is 37.7 Å². The summed E-state index contributed by atoms with van der Waals surface area (Å²) in [5.74, 6) is 0.938. The fourth-order valence-electron chi connectivity index (χ4n) is 2.93. The Balaban J connectivity index is 1.68. The van der Waals surface area contributed by atoms with E-state index in [0.29, 0.717) is 6.54 Å². The van der Waals surface area contributed by atoms with Crippen LogP contribution in [0, 0.1) is 0 Å². The third-order valence-corrected chi connectivity index (χ3v) is 4.15. The standard InChI is InChI=1S/C19H28N2O2/c1-21(14-17-9-6-10-18(13-17)23-2)15-19(22)20-12-11-16-7-4-3-5-8-16/h6-7,9-10,13H,3-5,8,11-12,14-15H2,1-2H3,(H,20,22). The normalized spacial score (nSPS) is 14.5. The molecule has 0 heterocycles. The first-order valence-corrected chi connectivity index (χ1v) is 8.43. The number of benzene rings is 1. The molecule has 4 heteroatoms. The maximum atomic E-state index is 12.0. The second-order valence-corrected chi connectivity index (χ2v) is 6.23. The van der Waals surface area contributed by atoms with Crippen molar-refractivity contribution in [1.82, 2.24) is 10.2 Å². The highest BCUT2D eigenvalue weighted by molar-refractivity contribution is 5.77. The minimum Gasteiger partial charge on any atom is -0.497 e. The van der Waals surface area contributed by atoms with E-state index in [1.807, 2.05) is 36.2 Å². The van der Waals surface area contributed by atoms with E-state index in [-0.39, 0.29) is 5.91 Å². The molecule has 0 radical (unpaired) electrons. The summed E-state index contributed by atoms with van der Waals surface area (Å²) >= 11 is 0. The Bertz CT molecular complexity index is 540. The van der Waals surface area contributed by atoms with Crippen LogP contribution in [0.15, 0.2) is 35.9 Å². The summed E-state index contributed by atoms with van der Waals surface area (Å²) in [5.41, 5.74) is 2.65. The van der Waals surface area contributed by atoms with Crippen LogP contribution in [-0.2, 0) is 11.3 Å². The number of nitrogens with zero attached hydrogens (tertiary/aromatic N) is 1. The first kappa shape index (κ1) is 17.5. The van der Waals surface area contributed by atoms with Crippen LogP contribution in [-0.4, -0.2) is 38.1 Å². The predicted octanol–water partition coefficient (Wildman–Crippen LogP) is 3.13. The summed E-state index contributed by atoms with van der Waals surface area (Å²) in [4.78, 5) is 14.0. The highest BCUT2D eigenvalue weighted by Gasteiger charge is 2.08. The van der Waals surface area contributed by atoms with Crippen molar-refractivity contribution in [1.29, 1.82) is 0 Å². The van der Waals surface area contributed by atoms with Gasteiger partial charge in [-0.25, -0.2) is 0 Å². The number of methoxy groups -OCH3 is 1. The summed E-state index contributed by atoms with van der Waals surface area (Å²) in [6.45, 7) is 1.89. The Morgan fingerprint density at radius 3 is 2.96 bits per heavy atom. The van der Waals surface area contributed by atoms with Crippen molar-refractivity contribution in [3.63, 3.8) is 0 Å². The van der Waals surface area contributed by atoms with Crippen molar-refractivity contribution in [2.24, 2.45) is 0 Å². The first-order chi connectivity index (χ1) is 11.2. The Morgan fingerprint density at radius 1 is 1.35 bits per heavy atom. The zero-order valence-corrected chi connectivity index (χ0v) is 14.3. The fraction of sp³-hybridized carbons (Fsp3) is 0.526. The van der Waals surface area contributed by atoms with Crippen molar-refractivity contribution < 1.29 is 9.53 Å². The van der Waals surface area contributed by atoms with Gasteiger partial charge in [0.15, 0.2) is 0 Å². The third kappa shape index (κ3) is 6.45. The largest absolute Gasteiger partial charge is 0.497 e. The molecule has 0 saturated heterocycles. The number of nitrogens with one attached hydrogen (secondary N) is 1. The van der Waals surface area contributed by atoms with Crippen LogP contribution in [0.5, 0.6) is 5.75 Å². The van der Waals surface area contributed by atoms with Gasteiger partial charge in [-0.2, -0.15) is 0 Å². The Morgan fingerprint density at radius 2 is 2.22 bits per heavy atom. The quantitative estimate of drug-likeness (QED) is 0.749. The molecule has 1 aromatic rings. The van der Waals surface area contributed by atoms with Gasteiger partial charge in [-0.05, 0) is 56.8 Å². The Kier molecular flexibility index (Phi) is 7.14. The van der Waals surface area contributed by atoms with Gasteiger partial charge in [-0.3, -0.25) is 9.69 Å². The maximum absolute atomic E-state index is 12.0. The van der Waals surface area contributed by atoms with E-state index in [0.717, 1.165) is 30.8 Å². The van der Waals surface area contributed by atoms with Crippen molar-refractivity contribution >= 4 is 5.91 Å². The summed E-state index contributed by atoms with van der Waals surface area (Å²) in [6, 6.07) is 7.95. The van der Waals surface area contributed by atoms with Gasteiger partial charge in [0, 0.05) is 13.1 Å². The van der Waals surface area contributed by atoms with Crippen molar-refractivity contribution in [2.75, 3.05) is 27.2 Å². The number of carbonyl (C=O) groups excluding carboxylic acids is 1. The average Bonchev–Trinajstić information content (AvgIpc) is 2.56. The lowest BCUT2D eigenvalue weighted by Crippen LogP contribution is -2.35. The van der Waals surface area contributed by atoms with E-state index in [1.165, 1.54) is 31.3 Å². The van der Waals surface area contributed by atoms with Gasteiger partial charge >= 0.3 is 0 Å². The van der Waals surface area contributed by atoms with Gasteiger partial charge in [0.2, 0.25) is 5.91 Å². The van der Waals surface area contributed by atoms with E-state index in [4.69, 9.17) is 4.74 Å². The second-order valence-electron chi connectivity index (χ2n) is 6.23. The fourth-order valence-corrected chi connectivity index (χ4v) is 2.93. The number of hydrogen-bond donors (Lipinski definition) is 1. The molecular weight excluding hydrogens is 288 g/mol. The zero-order valence-electron chi connectivity index (χ0n) is 14.3. The van der Waals surface area contributed by atoms with Gasteiger partial charge in [-0.15, -0.1) is 0 Å². The van der Waals surface area contributed by atoms with Crippen molar-refractivity contribution in [3.8, 4) is 5.75 Å². The number of carbonyl (C=O) groups is 1. The molecule has 2 rings (SSSR count). The summed E-state index contributed by atoms with van der Waals surface area (Å²) in [6.07, 6.45) is 8.34. The molecule has 1 aromatic carbocycles. The van der Waals surface area contributed by atoms with Crippen LogP contribution in [0.4, 0.5) is 0 Å². The van der Waals surface area contributed by atoms with Gasteiger partial charge in [-0.1, -0.05) is 23.8 Å². The van der Waals surface area contributed by atoms with Crippen LogP contribution >= 0.6 is 0 Å². The maximum Gasteiger partial charge on any atom is 0.234 e. The lowest BCUT2D eigenvalue weighted by Gasteiger charge is -2.17. The van der Waals surface area contributed by atoms with E-state index >= 15 is 0 Å². The lowest BCUT2D eigenvalue weighted by molar-refractivity contribution is -0.122. The van der Waals surface area contributed by atoms with Crippen molar-refractivity contribution in [2.45, 2.75) is 38.6 Å². The molecule has 126 valence electrons. The zero-order chi connectivity index (χ0) is 16.5. The molecule has 0 unspecified atom stereocenters. The second kappa shape index (κ2) is 9.36. The smallest absolute Gasteiger partial charge is 0.234 e. The van der Waals surface area contributed by atoms with E-state index < -0.39 is 0 Å². The van der Waals surface area contributed by atoms with Gasteiger partial charge in [0.05, 0.1) is 13.7 Å². The SMILES string of the molecule is COc1cccc(CN(C)CC(=O)NCCC2=CCCCC2)c1. The van der Waals surface area contributed by atoms with E-state index in [1.54, 1.807) is 7.11 Å². The number of rotatable bonds is 8. The first-order valence-electron chi connectivity index (χ1n) is 8.43.